The number of Topliss-reactive ketones (excluding diaryl/α,β-unsaturated/α-hetero) is 1. The summed E-state index contributed by atoms with van der Waals surface area (Å²) in [6, 6.07) is 0. The number of carboxylic acid groups (broad SMARTS) is 1. The van der Waals surface area contributed by atoms with Gasteiger partial charge in [-0.3, -0.25) is 14.4 Å². The smallest absolute Gasteiger partial charge is 0.315 e. The van der Waals surface area contributed by atoms with E-state index in [1.54, 1.807) is 0 Å². The largest absolute Gasteiger partial charge is 0.481 e. The Morgan fingerprint density at radius 1 is 1.38 bits per heavy atom. The first-order valence-corrected chi connectivity index (χ1v) is 4.59. The molecule has 0 aliphatic rings. The van der Waals surface area contributed by atoms with Crippen molar-refractivity contribution in [2.24, 2.45) is 5.92 Å². The van der Waals surface area contributed by atoms with Crippen molar-refractivity contribution in [3.8, 4) is 0 Å². The molecule has 0 aliphatic heterocycles. The maximum absolute atomic E-state index is 11.4. The number of carbonyl (C=O) groups is 3. The van der Waals surface area contributed by atoms with Gasteiger partial charge in [0.25, 0.3) is 0 Å². The van der Waals surface area contributed by atoms with Crippen molar-refractivity contribution >= 4 is 17.7 Å². The van der Waals surface area contributed by atoms with Crippen molar-refractivity contribution in [1.29, 1.82) is 0 Å². The van der Waals surface area contributed by atoms with E-state index >= 15 is 0 Å². The second kappa shape index (κ2) is 6.73. The third kappa shape index (κ3) is 4.70. The molecule has 16 heavy (non-hydrogen) atoms. The zero-order chi connectivity index (χ0) is 12.7. The molecule has 0 spiro atoms. The van der Waals surface area contributed by atoms with Crippen molar-refractivity contribution in [2.75, 3.05) is 13.2 Å². The molecule has 0 radical (unpaired) electrons. The lowest BCUT2D eigenvalue weighted by atomic mass is 9.96. The molecule has 0 heterocycles. The van der Waals surface area contributed by atoms with Gasteiger partial charge in [0.1, 0.15) is 12.5 Å². The maximum Gasteiger partial charge on any atom is 0.315 e. The summed E-state index contributed by atoms with van der Waals surface area (Å²) in [7, 11) is 0. The van der Waals surface area contributed by atoms with Crippen LogP contribution in [0.15, 0.2) is 12.2 Å². The molecule has 6 nitrogen and oxygen atoms in total. The van der Waals surface area contributed by atoms with Gasteiger partial charge in [-0.05, 0) is 12.5 Å². The van der Waals surface area contributed by atoms with E-state index in [4.69, 9.17) is 10.2 Å². The van der Waals surface area contributed by atoms with Crippen molar-refractivity contribution in [3.63, 3.8) is 0 Å². The molecule has 0 amide bonds. The molecule has 90 valence electrons. The van der Waals surface area contributed by atoms with Gasteiger partial charge in [0.2, 0.25) is 0 Å². The third-order valence-electron chi connectivity index (χ3n) is 1.76. The van der Waals surface area contributed by atoms with Crippen molar-refractivity contribution in [3.05, 3.63) is 12.2 Å². The second-order valence-electron chi connectivity index (χ2n) is 3.18. The highest BCUT2D eigenvalue weighted by atomic mass is 16.5. The van der Waals surface area contributed by atoms with Crippen LogP contribution in [-0.2, 0) is 19.1 Å². The van der Waals surface area contributed by atoms with Crippen LogP contribution < -0.4 is 0 Å². The number of aliphatic hydroxyl groups excluding tert-OH is 1. The SMILES string of the molecule is C=C(C)C(=O)C(CC(=O)OCCO)C(=O)O. The summed E-state index contributed by atoms with van der Waals surface area (Å²) >= 11 is 0. The molecule has 0 aromatic carbocycles. The fraction of sp³-hybridized carbons (Fsp3) is 0.500. The molecule has 0 aromatic heterocycles. The summed E-state index contributed by atoms with van der Waals surface area (Å²) in [5.41, 5.74) is 0.0716. The number of esters is 1. The third-order valence-corrected chi connectivity index (χ3v) is 1.76. The summed E-state index contributed by atoms with van der Waals surface area (Å²) in [5.74, 6) is -4.40. The Bertz CT molecular complexity index is 306. The zero-order valence-electron chi connectivity index (χ0n) is 8.93. The van der Waals surface area contributed by atoms with Crippen molar-refractivity contribution in [2.45, 2.75) is 13.3 Å². The van der Waals surface area contributed by atoms with Crippen LogP contribution in [0.4, 0.5) is 0 Å². The van der Waals surface area contributed by atoms with Gasteiger partial charge in [-0.25, -0.2) is 0 Å². The van der Waals surface area contributed by atoms with E-state index in [2.05, 4.69) is 11.3 Å². The Balaban J connectivity index is 4.46. The molecule has 0 fully saturated rings. The Labute approximate surface area is 92.5 Å². The predicted molar refractivity (Wildman–Crippen MR) is 53.6 cm³/mol. The lowest BCUT2D eigenvalue weighted by molar-refractivity contribution is -0.154. The van der Waals surface area contributed by atoms with Crippen LogP contribution >= 0.6 is 0 Å². The standard InChI is InChI=1S/C10H14O6/c1-6(2)9(13)7(10(14)15)5-8(12)16-4-3-11/h7,11H,1,3-5H2,2H3,(H,14,15). The van der Waals surface area contributed by atoms with Gasteiger partial charge >= 0.3 is 11.9 Å². The molecule has 0 bridgehead atoms. The number of carbonyl (C=O) groups excluding carboxylic acids is 2. The van der Waals surface area contributed by atoms with E-state index in [0.717, 1.165) is 0 Å². The van der Waals surface area contributed by atoms with E-state index < -0.39 is 30.1 Å². The fourth-order valence-electron chi connectivity index (χ4n) is 0.975. The number of rotatable bonds is 7. The van der Waals surface area contributed by atoms with E-state index in [1.165, 1.54) is 6.92 Å². The topological polar surface area (TPSA) is 101 Å². The van der Waals surface area contributed by atoms with Gasteiger partial charge in [-0.1, -0.05) is 6.58 Å². The molecule has 0 saturated heterocycles. The number of ketones is 1. The van der Waals surface area contributed by atoms with Gasteiger partial charge in [-0.2, -0.15) is 0 Å². The number of hydrogen-bond acceptors (Lipinski definition) is 5. The monoisotopic (exact) mass is 230 g/mol. The van der Waals surface area contributed by atoms with Crippen LogP contribution in [0, 0.1) is 5.92 Å². The number of aliphatic hydroxyl groups is 1. The molecule has 1 unspecified atom stereocenters. The zero-order valence-corrected chi connectivity index (χ0v) is 8.93. The van der Waals surface area contributed by atoms with Crippen molar-refractivity contribution < 1.29 is 29.3 Å². The van der Waals surface area contributed by atoms with Gasteiger partial charge in [0.05, 0.1) is 13.0 Å². The summed E-state index contributed by atoms with van der Waals surface area (Å²) < 4.78 is 4.47. The molecule has 0 rings (SSSR count). The van der Waals surface area contributed by atoms with Gasteiger partial charge < -0.3 is 14.9 Å². The van der Waals surface area contributed by atoms with Gasteiger partial charge in [0.15, 0.2) is 5.78 Å². The van der Waals surface area contributed by atoms with Crippen LogP contribution in [0.3, 0.4) is 0 Å². The minimum atomic E-state index is -1.47. The number of carboxylic acids is 1. The van der Waals surface area contributed by atoms with Crippen LogP contribution in [0.1, 0.15) is 13.3 Å². The first-order chi connectivity index (χ1) is 7.40. The summed E-state index contributed by atoms with van der Waals surface area (Å²) in [6.45, 7) is 4.13. The van der Waals surface area contributed by atoms with Gasteiger partial charge in [-0.15, -0.1) is 0 Å². The van der Waals surface area contributed by atoms with Crippen LogP contribution in [0.2, 0.25) is 0 Å². The second-order valence-corrected chi connectivity index (χ2v) is 3.18. The molecule has 1 atom stereocenters. The van der Waals surface area contributed by atoms with Crippen LogP contribution in [-0.4, -0.2) is 41.1 Å². The molecule has 0 saturated carbocycles. The minimum Gasteiger partial charge on any atom is -0.481 e. The van der Waals surface area contributed by atoms with E-state index in [1.807, 2.05) is 0 Å². The first kappa shape index (κ1) is 14.3. The van der Waals surface area contributed by atoms with E-state index in [9.17, 15) is 14.4 Å². The van der Waals surface area contributed by atoms with Crippen LogP contribution in [0.5, 0.6) is 0 Å². The van der Waals surface area contributed by atoms with Gasteiger partial charge in [0, 0.05) is 0 Å². The quantitative estimate of drug-likeness (QED) is 0.355. The number of ether oxygens (including phenoxy) is 1. The molecular weight excluding hydrogens is 216 g/mol. The van der Waals surface area contributed by atoms with Crippen LogP contribution in [0.25, 0.3) is 0 Å². The Morgan fingerprint density at radius 3 is 2.31 bits per heavy atom. The van der Waals surface area contributed by atoms with E-state index in [-0.39, 0.29) is 18.8 Å². The normalized spacial score (nSPS) is 11.6. The highest BCUT2D eigenvalue weighted by Gasteiger charge is 2.29. The number of allylic oxidation sites excluding steroid dienone is 1. The molecule has 0 aliphatic carbocycles. The number of hydrogen-bond donors (Lipinski definition) is 2. The minimum absolute atomic E-state index is 0.0716. The first-order valence-electron chi connectivity index (χ1n) is 4.59. The summed E-state index contributed by atoms with van der Waals surface area (Å²) in [4.78, 5) is 33.2. The Morgan fingerprint density at radius 2 is 1.94 bits per heavy atom. The average Bonchev–Trinajstić information content (AvgIpc) is 2.21. The highest BCUT2D eigenvalue weighted by Crippen LogP contribution is 2.11. The average molecular weight is 230 g/mol. The molecule has 6 heteroatoms. The highest BCUT2D eigenvalue weighted by molar-refractivity contribution is 6.08. The Kier molecular flexibility index (Phi) is 6.02. The summed E-state index contributed by atoms with van der Waals surface area (Å²) in [5, 5.41) is 17.1. The van der Waals surface area contributed by atoms with Crippen molar-refractivity contribution in [1.82, 2.24) is 0 Å². The molecule has 2 N–H and O–H groups in total. The number of aliphatic carboxylic acids is 1. The lowest BCUT2D eigenvalue weighted by Gasteiger charge is -2.10. The van der Waals surface area contributed by atoms with E-state index in [0.29, 0.717) is 0 Å². The Hall–Kier alpha value is -1.69. The predicted octanol–water partition coefficient (Wildman–Crippen LogP) is -0.242. The lowest BCUT2D eigenvalue weighted by Crippen LogP contribution is -2.28. The summed E-state index contributed by atoms with van der Waals surface area (Å²) in [6.07, 6.45) is -0.555. The molecule has 0 aromatic rings. The molecular formula is C10H14O6. The fourth-order valence-corrected chi connectivity index (χ4v) is 0.975. The maximum atomic E-state index is 11.4.